The molecule has 0 aliphatic heterocycles. The normalized spacial score (nSPS) is 11.6. The lowest BCUT2D eigenvalue weighted by Crippen LogP contribution is -2.00. The van der Waals surface area contributed by atoms with Gasteiger partial charge in [-0.25, -0.2) is 15.0 Å². The Bertz CT molecular complexity index is 2870. The van der Waals surface area contributed by atoms with Gasteiger partial charge < -0.3 is 8.83 Å². The van der Waals surface area contributed by atoms with Crippen molar-refractivity contribution in [3.8, 4) is 56.4 Å². The van der Waals surface area contributed by atoms with Gasteiger partial charge in [-0.1, -0.05) is 127 Å². The standard InChI is InChI=1S/C45H27N3O2/c1-3-12-28(13-4-1)30-16-9-17-31(26-30)44-46-43(29-14-5-2-6-15-29)47-45(48-44)32-24-25-39-37(27-32)41-34(19-11-23-40(41)49-39)36-21-10-20-35-33-18-7-8-22-38(33)50-42(35)36/h1-27H. The molecular formula is C45H27N3O2. The third kappa shape index (κ3) is 4.67. The molecule has 5 nitrogen and oxygen atoms in total. The van der Waals surface area contributed by atoms with E-state index in [4.69, 9.17) is 23.8 Å². The van der Waals surface area contributed by atoms with Gasteiger partial charge in [0.2, 0.25) is 0 Å². The van der Waals surface area contributed by atoms with E-state index < -0.39 is 0 Å². The van der Waals surface area contributed by atoms with Crippen LogP contribution in [0.2, 0.25) is 0 Å². The lowest BCUT2D eigenvalue weighted by atomic mass is 9.97. The molecule has 3 heterocycles. The smallest absolute Gasteiger partial charge is 0.164 e. The van der Waals surface area contributed by atoms with E-state index in [1.807, 2.05) is 78.9 Å². The number of furan rings is 2. The largest absolute Gasteiger partial charge is 0.456 e. The summed E-state index contributed by atoms with van der Waals surface area (Å²) < 4.78 is 12.9. The zero-order chi connectivity index (χ0) is 33.0. The average Bonchev–Trinajstić information content (AvgIpc) is 3.77. The van der Waals surface area contributed by atoms with Crippen molar-refractivity contribution in [1.29, 1.82) is 0 Å². The summed E-state index contributed by atoms with van der Waals surface area (Å²) in [5.74, 6) is 1.82. The highest BCUT2D eigenvalue weighted by atomic mass is 16.3. The van der Waals surface area contributed by atoms with Crippen LogP contribution in [0.4, 0.5) is 0 Å². The molecule has 7 aromatic carbocycles. The van der Waals surface area contributed by atoms with Crippen molar-refractivity contribution in [2.24, 2.45) is 0 Å². The van der Waals surface area contributed by atoms with Crippen LogP contribution < -0.4 is 0 Å². The van der Waals surface area contributed by atoms with Gasteiger partial charge in [-0.2, -0.15) is 0 Å². The Balaban J connectivity index is 1.17. The van der Waals surface area contributed by atoms with Gasteiger partial charge in [0, 0.05) is 43.8 Å². The Hall–Kier alpha value is -6.85. The van der Waals surface area contributed by atoms with Crippen molar-refractivity contribution in [1.82, 2.24) is 15.0 Å². The molecule has 0 saturated heterocycles. The van der Waals surface area contributed by atoms with Crippen molar-refractivity contribution in [2.45, 2.75) is 0 Å². The number of hydrogen-bond donors (Lipinski definition) is 0. The van der Waals surface area contributed by atoms with E-state index in [-0.39, 0.29) is 0 Å². The molecule has 0 N–H and O–H groups in total. The van der Waals surface area contributed by atoms with Crippen LogP contribution in [0.25, 0.3) is 100 Å². The molecule has 50 heavy (non-hydrogen) atoms. The van der Waals surface area contributed by atoms with Crippen LogP contribution in [0.5, 0.6) is 0 Å². The van der Waals surface area contributed by atoms with Gasteiger partial charge in [0.1, 0.15) is 22.3 Å². The molecule has 0 atom stereocenters. The molecule has 5 heteroatoms. The molecule has 10 rings (SSSR count). The summed E-state index contributed by atoms with van der Waals surface area (Å²) >= 11 is 0. The molecule has 0 bridgehead atoms. The van der Waals surface area contributed by atoms with Crippen LogP contribution >= 0.6 is 0 Å². The molecule has 234 valence electrons. The second-order valence-electron chi connectivity index (χ2n) is 12.4. The van der Waals surface area contributed by atoms with Gasteiger partial charge in [0.25, 0.3) is 0 Å². The highest BCUT2D eigenvalue weighted by Crippen LogP contribution is 2.42. The van der Waals surface area contributed by atoms with Crippen LogP contribution in [-0.2, 0) is 0 Å². The fourth-order valence-electron chi connectivity index (χ4n) is 6.97. The molecule has 0 fully saturated rings. The Morgan fingerprint density at radius 1 is 0.320 bits per heavy atom. The monoisotopic (exact) mass is 641 g/mol. The Kier molecular flexibility index (Phi) is 6.42. The first-order valence-electron chi connectivity index (χ1n) is 16.6. The lowest BCUT2D eigenvalue weighted by molar-refractivity contribution is 0.668. The van der Waals surface area contributed by atoms with E-state index in [2.05, 4.69) is 84.9 Å². The van der Waals surface area contributed by atoms with E-state index in [0.29, 0.717) is 17.5 Å². The third-order valence-electron chi connectivity index (χ3n) is 9.34. The molecule has 0 unspecified atom stereocenters. The minimum atomic E-state index is 0.590. The zero-order valence-corrected chi connectivity index (χ0v) is 26.7. The molecule has 0 spiro atoms. The van der Waals surface area contributed by atoms with Gasteiger partial charge >= 0.3 is 0 Å². The van der Waals surface area contributed by atoms with Gasteiger partial charge in [0.05, 0.1) is 0 Å². The van der Waals surface area contributed by atoms with Crippen molar-refractivity contribution >= 4 is 43.9 Å². The predicted octanol–water partition coefficient (Wildman–Crippen LogP) is 12.0. The third-order valence-corrected chi connectivity index (χ3v) is 9.34. The van der Waals surface area contributed by atoms with Crippen molar-refractivity contribution in [3.63, 3.8) is 0 Å². The van der Waals surface area contributed by atoms with E-state index in [0.717, 1.165) is 82.8 Å². The van der Waals surface area contributed by atoms with Crippen LogP contribution in [0.1, 0.15) is 0 Å². The summed E-state index contributed by atoms with van der Waals surface area (Å²) in [6.07, 6.45) is 0. The number of nitrogens with zero attached hydrogens (tertiary/aromatic N) is 3. The molecule has 0 aliphatic rings. The second kappa shape index (κ2) is 11.4. The first-order valence-corrected chi connectivity index (χ1v) is 16.6. The average molecular weight is 642 g/mol. The van der Waals surface area contributed by atoms with Gasteiger partial charge in [-0.3, -0.25) is 0 Å². The summed E-state index contributed by atoms with van der Waals surface area (Å²) in [5, 5.41) is 4.19. The van der Waals surface area contributed by atoms with Crippen molar-refractivity contribution < 1.29 is 8.83 Å². The predicted molar refractivity (Wildman–Crippen MR) is 202 cm³/mol. The van der Waals surface area contributed by atoms with E-state index >= 15 is 0 Å². The maximum absolute atomic E-state index is 6.46. The summed E-state index contributed by atoms with van der Waals surface area (Å²) in [5.41, 5.74) is 10.3. The van der Waals surface area contributed by atoms with E-state index in [1.54, 1.807) is 0 Å². The first-order chi connectivity index (χ1) is 24.8. The summed E-state index contributed by atoms with van der Waals surface area (Å²) in [4.78, 5) is 15.1. The molecule has 3 aromatic heterocycles. The number of aromatic nitrogens is 3. The van der Waals surface area contributed by atoms with E-state index in [9.17, 15) is 0 Å². The number of fused-ring (bicyclic) bond motifs is 6. The Morgan fingerprint density at radius 2 is 0.880 bits per heavy atom. The van der Waals surface area contributed by atoms with Crippen molar-refractivity contribution in [3.05, 3.63) is 164 Å². The SMILES string of the molecule is c1ccc(-c2cccc(-c3nc(-c4ccccc4)nc(-c4ccc5oc6cccc(-c7cccc8c7oc7ccccc78)c6c5c4)n3)c2)cc1. The highest BCUT2D eigenvalue weighted by Gasteiger charge is 2.19. The summed E-state index contributed by atoms with van der Waals surface area (Å²) in [6, 6.07) is 55.7. The van der Waals surface area contributed by atoms with Crippen LogP contribution in [0.3, 0.4) is 0 Å². The minimum absolute atomic E-state index is 0.590. The molecule has 0 aliphatic carbocycles. The summed E-state index contributed by atoms with van der Waals surface area (Å²) in [7, 11) is 0. The van der Waals surface area contributed by atoms with E-state index in [1.165, 1.54) is 0 Å². The zero-order valence-electron chi connectivity index (χ0n) is 26.7. The van der Waals surface area contributed by atoms with Crippen LogP contribution in [0, 0.1) is 0 Å². The topological polar surface area (TPSA) is 65.0 Å². The Labute approximate surface area is 287 Å². The van der Waals surface area contributed by atoms with Gasteiger partial charge in [-0.15, -0.1) is 0 Å². The molecular weight excluding hydrogens is 615 g/mol. The molecule has 0 radical (unpaired) electrons. The fourth-order valence-corrected chi connectivity index (χ4v) is 6.97. The molecule has 0 amide bonds. The van der Waals surface area contributed by atoms with Gasteiger partial charge in [-0.05, 0) is 53.1 Å². The second-order valence-corrected chi connectivity index (χ2v) is 12.4. The number of hydrogen-bond acceptors (Lipinski definition) is 5. The van der Waals surface area contributed by atoms with Crippen molar-refractivity contribution in [2.75, 3.05) is 0 Å². The quantitative estimate of drug-likeness (QED) is 0.187. The minimum Gasteiger partial charge on any atom is -0.456 e. The van der Waals surface area contributed by atoms with Crippen LogP contribution in [0.15, 0.2) is 173 Å². The maximum Gasteiger partial charge on any atom is 0.164 e. The number of rotatable bonds is 5. The van der Waals surface area contributed by atoms with Crippen LogP contribution in [-0.4, -0.2) is 15.0 Å². The summed E-state index contributed by atoms with van der Waals surface area (Å²) in [6.45, 7) is 0. The first kappa shape index (κ1) is 28.2. The lowest BCUT2D eigenvalue weighted by Gasteiger charge is -2.10. The van der Waals surface area contributed by atoms with Gasteiger partial charge in [0.15, 0.2) is 17.5 Å². The Morgan fingerprint density at radius 3 is 1.70 bits per heavy atom. The number of para-hydroxylation sites is 2. The number of benzene rings is 7. The maximum atomic E-state index is 6.46. The molecule has 0 saturated carbocycles. The fraction of sp³-hybridized carbons (Fsp3) is 0. The highest BCUT2D eigenvalue weighted by molar-refractivity contribution is 6.17. The molecule has 10 aromatic rings.